The van der Waals surface area contributed by atoms with Crippen LogP contribution < -0.4 is 16.2 Å². The van der Waals surface area contributed by atoms with Crippen LogP contribution in [0.5, 0.6) is 23.0 Å². The first kappa shape index (κ1) is 41.7. The molecular weight excluding hydrogens is 1400 g/mol. The van der Waals surface area contributed by atoms with Gasteiger partial charge in [0.25, 0.3) is 0 Å². The van der Waals surface area contributed by atoms with Crippen molar-refractivity contribution in [1.82, 2.24) is 0 Å². The number of carboxylic acid groups (broad SMARTS) is 2. The Labute approximate surface area is 366 Å². The molecule has 4 aromatic rings. The van der Waals surface area contributed by atoms with Crippen molar-refractivity contribution >= 4 is 170 Å². The lowest BCUT2D eigenvalue weighted by molar-refractivity contribution is -0.139. The highest BCUT2D eigenvalue weighted by molar-refractivity contribution is 14.1. The molecule has 0 aliphatic carbocycles. The van der Waals surface area contributed by atoms with Gasteiger partial charge in [-0.3, -0.25) is 9.59 Å². The molecule has 4 rings (SSSR count). The third-order valence-electron chi connectivity index (χ3n) is 6.40. The molecule has 0 aliphatic heterocycles. The zero-order valence-corrected chi connectivity index (χ0v) is 38.9. The molecular formula is C31H25I7N2O7. The lowest BCUT2D eigenvalue weighted by atomic mass is 10.0. The minimum Gasteiger partial charge on any atom is -0.507 e. The fourth-order valence-corrected chi connectivity index (χ4v) is 10.8. The largest absolute Gasteiger partial charge is 0.507 e. The Morgan fingerprint density at radius 1 is 0.617 bits per heavy atom. The van der Waals surface area contributed by atoms with E-state index >= 15 is 0 Å². The molecule has 16 heteroatoms. The molecule has 0 radical (unpaired) electrons. The van der Waals surface area contributed by atoms with Gasteiger partial charge in [-0.2, -0.15) is 0 Å². The fraction of sp³-hybridized carbons (Fsp3) is 0.161. The third kappa shape index (κ3) is 12.5. The first-order valence-corrected chi connectivity index (χ1v) is 20.8. The number of halogens is 7. The molecule has 250 valence electrons. The maximum absolute atomic E-state index is 10.9. The Morgan fingerprint density at radius 2 is 1.04 bits per heavy atom. The summed E-state index contributed by atoms with van der Waals surface area (Å²) in [6.07, 6.45) is 1.34. The van der Waals surface area contributed by atoms with Crippen LogP contribution in [0.3, 0.4) is 0 Å². The van der Waals surface area contributed by atoms with E-state index in [0.717, 1.165) is 44.5 Å². The minimum absolute atomic E-state index is 0.209. The number of hydrogen-bond acceptors (Lipinski definition) is 7. The summed E-state index contributed by atoms with van der Waals surface area (Å²) in [4.78, 5) is 21.8. The van der Waals surface area contributed by atoms with E-state index in [-0.39, 0.29) is 12.2 Å². The van der Waals surface area contributed by atoms with Gasteiger partial charge in [0.1, 0.15) is 29.3 Å². The van der Waals surface area contributed by atoms with Crippen LogP contribution in [0.15, 0.2) is 54.6 Å². The van der Waals surface area contributed by atoms with Gasteiger partial charge >= 0.3 is 11.9 Å². The van der Waals surface area contributed by atoms with Crippen molar-refractivity contribution in [2.45, 2.75) is 31.3 Å². The first-order valence-electron chi connectivity index (χ1n) is 13.2. The molecule has 0 heterocycles. The summed E-state index contributed by atoms with van der Waals surface area (Å²) in [6.45, 7) is 0. The number of hydrogen-bond donors (Lipinski definition) is 6. The van der Waals surface area contributed by atoms with Crippen LogP contribution in [-0.2, 0) is 28.9 Å². The number of benzene rings is 4. The predicted octanol–water partition coefficient (Wildman–Crippen LogP) is 8.31. The molecule has 0 amide bonds. The normalized spacial score (nSPS) is 12.1. The zero-order valence-electron chi connectivity index (χ0n) is 23.8. The molecule has 0 spiro atoms. The van der Waals surface area contributed by atoms with Crippen molar-refractivity contribution in [1.29, 1.82) is 0 Å². The SMILES string of the molecule is NC(Cc1cc(I)c(Oc2ccc(O)c(I)c2)c(I)c1)C(=O)O.N[C@@H](Cc1cc(I)c(Cc2cc(I)c(O)c(I)c2)c(I)c1)C(=O)O. The number of ether oxygens (including phenoxy) is 1. The Bertz CT molecular complexity index is 1740. The number of carbonyl (C=O) groups is 2. The fourth-order valence-electron chi connectivity index (χ4n) is 4.05. The highest BCUT2D eigenvalue weighted by atomic mass is 127. The van der Waals surface area contributed by atoms with Crippen molar-refractivity contribution in [3.8, 4) is 23.0 Å². The van der Waals surface area contributed by atoms with Gasteiger partial charge in [0, 0.05) is 7.14 Å². The number of phenols is 2. The van der Waals surface area contributed by atoms with E-state index in [2.05, 4.69) is 136 Å². The molecule has 0 fully saturated rings. The molecule has 4 aromatic carbocycles. The van der Waals surface area contributed by atoms with Gasteiger partial charge < -0.3 is 36.6 Å². The van der Waals surface area contributed by atoms with Gasteiger partial charge in [-0.15, -0.1) is 0 Å². The first-order chi connectivity index (χ1) is 22.0. The minimum atomic E-state index is -1.02. The smallest absolute Gasteiger partial charge is 0.320 e. The molecule has 2 atom stereocenters. The highest BCUT2D eigenvalue weighted by Crippen LogP contribution is 2.35. The quantitative estimate of drug-likeness (QED) is 0.0854. The van der Waals surface area contributed by atoms with Gasteiger partial charge in [-0.25, -0.2) is 0 Å². The Balaban J connectivity index is 0.000000256. The van der Waals surface area contributed by atoms with Crippen molar-refractivity contribution in [3.05, 3.63) is 102 Å². The average Bonchev–Trinajstić information content (AvgIpc) is 2.97. The van der Waals surface area contributed by atoms with E-state index in [1.54, 1.807) is 18.2 Å². The maximum atomic E-state index is 10.9. The third-order valence-corrected chi connectivity index (χ3v) is 12.4. The molecule has 47 heavy (non-hydrogen) atoms. The van der Waals surface area contributed by atoms with Crippen LogP contribution in [-0.4, -0.2) is 44.4 Å². The number of phenolic OH excluding ortho intramolecular Hbond substituents is 2. The second kappa shape index (κ2) is 19.2. The molecule has 0 bridgehead atoms. The van der Waals surface area contributed by atoms with Crippen LogP contribution in [0.2, 0.25) is 0 Å². The molecule has 9 nitrogen and oxygen atoms in total. The molecule has 0 saturated heterocycles. The van der Waals surface area contributed by atoms with Crippen LogP contribution in [0.4, 0.5) is 0 Å². The summed E-state index contributed by atoms with van der Waals surface area (Å²) in [5.74, 6) is -0.160. The van der Waals surface area contributed by atoms with Crippen molar-refractivity contribution in [2.75, 3.05) is 0 Å². The molecule has 0 aliphatic rings. The van der Waals surface area contributed by atoms with Crippen molar-refractivity contribution < 1.29 is 34.8 Å². The predicted molar refractivity (Wildman–Crippen MR) is 240 cm³/mol. The molecule has 1 unspecified atom stereocenters. The Morgan fingerprint density at radius 3 is 1.47 bits per heavy atom. The number of carboxylic acids is 2. The molecule has 8 N–H and O–H groups in total. The van der Waals surface area contributed by atoms with E-state index in [1.165, 1.54) is 5.56 Å². The van der Waals surface area contributed by atoms with Crippen LogP contribution in [0, 0.1) is 25.0 Å². The van der Waals surface area contributed by atoms with E-state index in [4.69, 9.17) is 26.4 Å². The second-order valence-electron chi connectivity index (χ2n) is 10.0. The standard InChI is InChI=1S/C16H13I4NO3.C15H12I3NO4/c17-10-2-8(6-14(21)16(23)24)3-11(18)9(10)1-7-4-12(19)15(22)13(20)5-7;16-9-6-8(1-2-13(9)20)23-14-10(17)3-7(4-11(14)18)5-12(19)15(21)22/h2-5,14,22H,1,6,21H2,(H,23,24);1-4,6,12,20H,5,19H2,(H,21,22)/t14-;/m0./s1. The number of nitrogens with two attached hydrogens (primary N) is 2. The maximum Gasteiger partial charge on any atom is 0.320 e. The lowest BCUT2D eigenvalue weighted by Gasteiger charge is -2.13. The van der Waals surface area contributed by atoms with E-state index in [0.29, 0.717) is 27.2 Å². The summed E-state index contributed by atoms with van der Waals surface area (Å²) < 4.78 is 12.2. The molecule has 0 saturated carbocycles. The Kier molecular flexibility index (Phi) is 17.0. The van der Waals surface area contributed by atoms with Crippen molar-refractivity contribution in [3.63, 3.8) is 0 Å². The number of aliphatic carboxylic acids is 2. The van der Waals surface area contributed by atoms with Gasteiger partial charge in [-0.1, -0.05) is 0 Å². The average molecular weight is 1430 g/mol. The lowest BCUT2D eigenvalue weighted by Crippen LogP contribution is -2.32. The summed E-state index contributed by atoms with van der Waals surface area (Å²) >= 11 is 15.2. The van der Waals surface area contributed by atoms with Crippen LogP contribution >= 0.6 is 158 Å². The molecule has 0 aromatic heterocycles. The van der Waals surface area contributed by atoms with Crippen LogP contribution in [0.1, 0.15) is 22.3 Å². The second-order valence-corrected chi connectivity index (χ2v) is 18.2. The van der Waals surface area contributed by atoms with Gasteiger partial charge in [-0.05, 0) is 254 Å². The monoisotopic (exact) mass is 1430 g/mol. The topological polar surface area (TPSA) is 176 Å². The highest BCUT2D eigenvalue weighted by Gasteiger charge is 2.17. The van der Waals surface area contributed by atoms with Gasteiger partial charge in [0.15, 0.2) is 5.75 Å². The van der Waals surface area contributed by atoms with Gasteiger partial charge in [0.2, 0.25) is 0 Å². The summed E-state index contributed by atoms with van der Waals surface area (Å²) in [5.41, 5.74) is 15.3. The van der Waals surface area contributed by atoms with E-state index < -0.39 is 24.0 Å². The zero-order chi connectivity index (χ0) is 35.2. The van der Waals surface area contributed by atoms with Gasteiger partial charge in [0.05, 0.1) is 17.9 Å². The summed E-state index contributed by atoms with van der Waals surface area (Å²) in [7, 11) is 0. The number of rotatable bonds is 10. The summed E-state index contributed by atoms with van der Waals surface area (Å²) in [6, 6.07) is 14.9. The van der Waals surface area contributed by atoms with E-state index in [9.17, 15) is 19.8 Å². The van der Waals surface area contributed by atoms with Crippen molar-refractivity contribution in [2.24, 2.45) is 11.5 Å². The number of aromatic hydroxyl groups is 2. The summed E-state index contributed by atoms with van der Waals surface area (Å²) in [5, 5.41) is 37.3. The van der Waals surface area contributed by atoms with Crippen LogP contribution in [0.25, 0.3) is 0 Å². The Hall–Kier alpha value is 0.250. The van der Waals surface area contributed by atoms with E-state index in [1.807, 2.05) is 59.0 Å².